The van der Waals surface area contributed by atoms with Crippen molar-refractivity contribution in [2.24, 2.45) is 28.2 Å². The van der Waals surface area contributed by atoms with Crippen molar-refractivity contribution in [2.75, 3.05) is 44.2 Å². The van der Waals surface area contributed by atoms with E-state index in [0.29, 0.717) is 54.2 Å². The van der Waals surface area contributed by atoms with Crippen molar-refractivity contribution in [1.29, 1.82) is 0 Å². The molecule has 1 saturated carbocycles. The van der Waals surface area contributed by atoms with E-state index in [2.05, 4.69) is 48.8 Å². The van der Waals surface area contributed by atoms with Gasteiger partial charge < -0.3 is 35.8 Å². The second-order valence-electron chi connectivity index (χ2n) is 24.9. The Hall–Kier alpha value is -6.73. The third-order valence-electron chi connectivity index (χ3n) is 17.9. The number of Topliss-reactive ketones (excluding diaryl/α,β-unsaturated/α-hetero) is 1. The molecular weight excluding hydrogens is 1010 g/mol. The van der Waals surface area contributed by atoms with E-state index < -0.39 is 29.4 Å². The summed E-state index contributed by atoms with van der Waals surface area (Å²) in [4.78, 5) is 65.1. The summed E-state index contributed by atoms with van der Waals surface area (Å²) < 4.78 is 6.40. The predicted octanol–water partition coefficient (Wildman–Crippen LogP) is 9.92. The molecule has 15 heteroatoms. The number of aliphatic hydroxyl groups excluding tert-OH is 1. The number of allylic oxidation sites excluding steroid dienone is 2. The van der Waals surface area contributed by atoms with Crippen LogP contribution in [0.5, 0.6) is 11.8 Å². The van der Waals surface area contributed by atoms with Crippen LogP contribution in [0.3, 0.4) is 0 Å². The van der Waals surface area contributed by atoms with Crippen LogP contribution >= 0.6 is 0 Å². The number of carbonyl (C=O) groups excluding carboxylic acids is 3. The van der Waals surface area contributed by atoms with E-state index in [1.54, 1.807) is 6.20 Å². The molecule has 5 aliphatic rings. The number of carbonyl (C=O) groups is 3. The van der Waals surface area contributed by atoms with Gasteiger partial charge in [-0.3, -0.25) is 29.3 Å². The zero-order valence-corrected chi connectivity index (χ0v) is 48.5. The smallest absolute Gasteiger partial charge is 0.319 e. The number of unbranched alkanes of at least 4 members (excludes halogenated alkanes) is 4. The summed E-state index contributed by atoms with van der Waals surface area (Å²) >= 11 is 0. The Kier molecular flexibility index (Phi) is 17.9. The predicted molar refractivity (Wildman–Crippen MR) is 321 cm³/mol. The number of benzene rings is 3. The quantitative estimate of drug-likeness (QED) is 0.0345. The lowest BCUT2D eigenvalue weighted by atomic mass is 9.77. The van der Waals surface area contributed by atoms with Crippen molar-refractivity contribution in [1.82, 2.24) is 35.8 Å². The maximum atomic E-state index is 14.2. The minimum absolute atomic E-state index is 0.0151. The zero-order valence-electron chi connectivity index (χ0n) is 48.5. The number of anilines is 1. The number of hydrogen-bond acceptors (Lipinski definition) is 13. The average Bonchev–Trinajstić information content (AvgIpc) is 4.11. The third-order valence-corrected chi connectivity index (χ3v) is 17.9. The Labute approximate surface area is 478 Å². The molecule has 0 spiro atoms. The maximum absolute atomic E-state index is 14.2. The van der Waals surface area contributed by atoms with Crippen LogP contribution in [0.25, 0.3) is 38.5 Å². The number of nitrogens with zero attached hydrogens (tertiary/aromatic N) is 6. The highest BCUT2D eigenvalue weighted by Gasteiger charge is 2.47. The normalized spacial score (nSPS) is 21.7. The molecular formula is C66H83N9O6. The molecule has 3 saturated heterocycles. The first-order valence-electron chi connectivity index (χ1n) is 29.9. The monoisotopic (exact) mass is 1100 g/mol. The highest BCUT2D eigenvalue weighted by Crippen LogP contribution is 2.43. The number of rotatable bonds is 21. The summed E-state index contributed by atoms with van der Waals surface area (Å²) in [6.45, 7) is 17.0. The molecule has 5 aromatic rings. The van der Waals surface area contributed by atoms with Crippen LogP contribution in [0.4, 0.5) is 5.82 Å². The van der Waals surface area contributed by atoms with Gasteiger partial charge in [0.05, 0.1) is 23.4 Å². The Bertz CT molecular complexity index is 3230. The topological polar surface area (TPSA) is 194 Å². The molecule has 10 rings (SSSR count). The summed E-state index contributed by atoms with van der Waals surface area (Å²) in [7, 11) is 0. The van der Waals surface area contributed by atoms with Crippen LogP contribution in [0.15, 0.2) is 65.4 Å². The second kappa shape index (κ2) is 25.2. The molecule has 4 fully saturated rings. The number of aryl methyl sites for hydroxylation is 2. The highest BCUT2D eigenvalue weighted by atomic mass is 16.5. The summed E-state index contributed by atoms with van der Waals surface area (Å²) in [5.41, 5.74) is 8.13. The van der Waals surface area contributed by atoms with E-state index in [1.165, 1.54) is 12.0 Å². The van der Waals surface area contributed by atoms with E-state index in [9.17, 15) is 24.6 Å². The van der Waals surface area contributed by atoms with Gasteiger partial charge in [0, 0.05) is 91.6 Å². The van der Waals surface area contributed by atoms with Gasteiger partial charge in [0.1, 0.15) is 23.6 Å². The van der Waals surface area contributed by atoms with Gasteiger partial charge in [-0.1, -0.05) is 101 Å². The van der Waals surface area contributed by atoms with Crippen molar-refractivity contribution in [3.63, 3.8) is 0 Å². The molecule has 2 amide bonds. The number of likely N-dealkylation sites (tertiary alicyclic amines) is 1. The molecule has 2 aromatic heterocycles. The maximum Gasteiger partial charge on any atom is 0.319 e. The number of aliphatic hydroxyl groups is 1. The first kappa shape index (κ1) is 57.5. The molecule has 6 heterocycles. The SMILES string of the molecule is C#Cc1c(C)ccc2cc(C)cc(-c3ncc4c(N5CC6CCC(C5)N6)nc(OCCN5CCC(CCCCCCCC(=O)NC(C(=O)C6C[C@@H](O)CC6C(=O)NCc6ccc(C7=C(C)N=CC7)cc6)C(C)(C)C)CC5)nc4c3O)c12. The van der Waals surface area contributed by atoms with Gasteiger partial charge in [0.15, 0.2) is 11.5 Å². The lowest BCUT2D eigenvalue weighted by molar-refractivity contribution is -0.137. The van der Waals surface area contributed by atoms with E-state index in [-0.39, 0.29) is 42.2 Å². The van der Waals surface area contributed by atoms with Crippen molar-refractivity contribution in [2.45, 2.75) is 162 Å². The molecule has 81 heavy (non-hydrogen) atoms. The van der Waals surface area contributed by atoms with Crippen molar-refractivity contribution < 1.29 is 29.3 Å². The van der Waals surface area contributed by atoms with Crippen LogP contribution in [-0.4, -0.2) is 117 Å². The van der Waals surface area contributed by atoms with Gasteiger partial charge in [-0.15, -0.1) is 6.42 Å². The fraction of sp³-hybridized carbons (Fsp3) is 0.530. The standard InChI is InChI=1S/C66H83N9O6/c1-8-50-41(3)16-19-46-32-40(2)33-54(57(46)50)58-61(79)59-55(37-68-58)63(75-38-47-22-23-48(39-75)70-47)73-65(72-59)81-31-30-74-28-25-43(26-29-74)14-12-10-9-11-13-15-56(77)71-62(66(5,6)7)60(78)52-34-49(76)35-53(52)64(80)69-36-44-17-20-45(21-18-44)51-24-27-67-42(51)4/h1,16-21,27,32-33,37,43,47-49,52-53,62,70,76,79H,9-15,22-26,28-31,34-36,38-39H2,2-7H3,(H,69,80)(H,71,77)/t47?,48?,49-,52?,53?,62?/m1/s1. The van der Waals surface area contributed by atoms with Crippen molar-refractivity contribution in [3.05, 3.63) is 88.2 Å². The largest absolute Gasteiger partial charge is 0.504 e. The molecule has 5 unspecified atom stereocenters. The Morgan fingerprint density at radius 1 is 0.914 bits per heavy atom. The number of ether oxygens (including phenoxy) is 1. The molecule has 4 aliphatic heterocycles. The van der Waals surface area contributed by atoms with Crippen LogP contribution in [0.2, 0.25) is 0 Å². The third kappa shape index (κ3) is 13.3. The first-order valence-corrected chi connectivity index (χ1v) is 29.9. The molecule has 1 aliphatic carbocycles. The number of nitrogens with one attached hydrogen (secondary N) is 3. The summed E-state index contributed by atoms with van der Waals surface area (Å²) in [5.74, 6) is 2.38. The second-order valence-corrected chi connectivity index (χ2v) is 24.9. The van der Waals surface area contributed by atoms with Gasteiger partial charge in [0.25, 0.3) is 0 Å². The van der Waals surface area contributed by atoms with E-state index in [4.69, 9.17) is 26.1 Å². The number of pyridine rings is 1. The molecule has 15 nitrogen and oxygen atoms in total. The van der Waals surface area contributed by atoms with Gasteiger partial charge in [0.2, 0.25) is 11.8 Å². The average molecular weight is 1100 g/mol. The first-order chi connectivity index (χ1) is 39.0. The van der Waals surface area contributed by atoms with E-state index in [0.717, 1.165) is 153 Å². The zero-order chi connectivity index (χ0) is 57.0. The summed E-state index contributed by atoms with van der Waals surface area (Å²) in [5, 5.41) is 35.3. The van der Waals surface area contributed by atoms with E-state index >= 15 is 0 Å². The summed E-state index contributed by atoms with van der Waals surface area (Å²) in [6, 6.07) is 16.6. The minimum atomic E-state index is -0.771. The lowest BCUT2D eigenvalue weighted by Crippen LogP contribution is -2.52. The molecule has 428 valence electrons. The van der Waals surface area contributed by atoms with Crippen LogP contribution in [0, 0.1) is 49.4 Å². The van der Waals surface area contributed by atoms with Crippen LogP contribution < -0.4 is 25.6 Å². The molecule has 2 bridgehead atoms. The van der Waals surface area contributed by atoms with Gasteiger partial charge in [-0.25, -0.2) is 0 Å². The van der Waals surface area contributed by atoms with Crippen LogP contribution in [-0.2, 0) is 20.9 Å². The van der Waals surface area contributed by atoms with Gasteiger partial charge in [-0.05, 0) is 129 Å². The summed E-state index contributed by atoms with van der Waals surface area (Å²) in [6.07, 6.45) is 21.4. The van der Waals surface area contributed by atoms with E-state index in [1.807, 2.05) is 84.2 Å². The fourth-order valence-corrected chi connectivity index (χ4v) is 13.4. The number of piperazine rings is 1. The van der Waals surface area contributed by atoms with Crippen molar-refractivity contribution in [3.8, 4) is 35.4 Å². The minimum Gasteiger partial charge on any atom is -0.504 e. The van der Waals surface area contributed by atoms with Gasteiger partial charge >= 0.3 is 6.01 Å². The number of aromatic nitrogens is 3. The number of fused-ring (bicyclic) bond motifs is 4. The molecule has 5 N–H and O–H groups in total. The number of ketones is 1. The van der Waals surface area contributed by atoms with Crippen molar-refractivity contribution >= 4 is 56.9 Å². The molecule has 6 atom stereocenters. The number of hydrogen-bond donors (Lipinski definition) is 5. The highest BCUT2D eigenvalue weighted by molar-refractivity contribution is 6.05. The lowest BCUT2D eigenvalue weighted by Gasteiger charge is -2.34. The number of terminal acetylenes is 1. The number of piperidine rings is 1. The van der Waals surface area contributed by atoms with Crippen LogP contribution in [0.1, 0.15) is 145 Å². The Balaban J connectivity index is 0.660. The van der Waals surface area contributed by atoms with Gasteiger partial charge in [-0.2, -0.15) is 9.97 Å². The Morgan fingerprint density at radius 2 is 1.64 bits per heavy atom. The number of amides is 2. The molecule has 3 aromatic carbocycles. The Morgan fingerprint density at radius 3 is 2.36 bits per heavy atom. The molecule has 0 radical (unpaired) electrons. The number of aromatic hydroxyl groups is 1. The fourth-order valence-electron chi connectivity index (χ4n) is 13.4. The number of aliphatic imine (C=N–C) groups is 1.